The van der Waals surface area contributed by atoms with Crippen LogP contribution in [0.15, 0.2) is 54.6 Å². The molecule has 0 spiro atoms. The number of rotatable bonds is 6. The molecule has 1 heterocycles. The summed E-state index contributed by atoms with van der Waals surface area (Å²) in [6.45, 7) is 3.97. The summed E-state index contributed by atoms with van der Waals surface area (Å²) in [6.07, 6.45) is -3.99. The van der Waals surface area contributed by atoms with Crippen molar-refractivity contribution >= 4 is 0 Å². The molecule has 140 valence electrons. The second kappa shape index (κ2) is 8.56. The van der Waals surface area contributed by atoms with Crippen molar-refractivity contribution < 1.29 is 22.6 Å². The normalized spacial score (nSPS) is 17.0. The average Bonchev–Trinajstić information content (AvgIpc) is 2.66. The van der Waals surface area contributed by atoms with Gasteiger partial charge in [0.05, 0.1) is 18.8 Å². The summed E-state index contributed by atoms with van der Waals surface area (Å²) in [5.41, 5.74) is 0.258. The molecular weight excluding hydrogens is 343 g/mol. The number of morpholine rings is 1. The van der Waals surface area contributed by atoms with Crippen LogP contribution < -0.4 is 4.74 Å². The lowest BCUT2D eigenvalue weighted by molar-refractivity contribution is -0.137. The Labute approximate surface area is 151 Å². The van der Waals surface area contributed by atoms with E-state index in [-0.39, 0.29) is 11.9 Å². The third-order valence-corrected chi connectivity index (χ3v) is 4.42. The summed E-state index contributed by atoms with van der Waals surface area (Å²) in [7, 11) is 0. The largest absolute Gasteiger partial charge is 0.486 e. The molecule has 3 rings (SSSR count). The van der Waals surface area contributed by atoms with Crippen LogP contribution in [0.4, 0.5) is 13.2 Å². The van der Waals surface area contributed by atoms with Gasteiger partial charge in [-0.1, -0.05) is 36.4 Å². The lowest BCUT2D eigenvalue weighted by atomic mass is 10.1. The van der Waals surface area contributed by atoms with E-state index >= 15 is 0 Å². The fourth-order valence-electron chi connectivity index (χ4n) is 3.00. The first-order chi connectivity index (χ1) is 12.5. The van der Waals surface area contributed by atoms with E-state index in [0.717, 1.165) is 37.3 Å². The quantitative estimate of drug-likeness (QED) is 0.750. The highest BCUT2D eigenvalue weighted by Gasteiger charge is 2.31. The maximum absolute atomic E-state index is 12.9. The van der Waals surface area contributed by atoms with Gasteiger partial charge < -0.3 is 9.47 Å². The van der Waals surface area contributed by atoms with Crippen LogP contribution in [0.3, 0.4) is 0 Å². The minimum atomic E-state index is -4.38. The zero-order valence-corrected chi connectivity index (χ0v) is 14.4. The molecule has 6 heteroatoms. The molecule has 1 unspecified atom stereocenters. The highest BCUT2D eigenvalue weighted by atomic mass is 19.4. The van der Waals surface area contributed by atoms with Gasteiger partial charge in [0.15, 0.2) is 0 Å². The number of hydrogen-bond donors (Lipinski definition) is 0. The molecule has 1 saturated heterocycles. The zero-order chi connectivity index (χ0) is 18.4. The molecule has 1 aliphatic heterocycles. The Morgan fingerprint density at radius 2 is 1.73 bits per heavy atom. The van der Waals surface area contributed by atoms with E-state index in [2.05, 4.69) is 4.90 Å². The van der Waals surface area contributed by atoms with Gasteiger partial charge in [-0.15, -0.1) is 0 Å². The van der Waals surface area contributed by atoms with E-state index < -0.39 is 11.7 Å². The van der Waals surface area contributed by atoms with Crippen molar-refractivity contribution in [2.24, 2.45) is 0 Å². The van der Waals surface area contributed by atoms with Crippen LogP contribution in [0, 0.1) is 0 Å². The smallest absolute Gasteiger partial charge is 0.416 e. The average molecular weight is 365 g/mol. The van der Waals surface area contributed by atoms with Crippen LogP contribution in [0.25, 0.3) is 0 Å². The van der Waals surface area contributed by atoms with Gasteiger partial charge in [0.2, 0.25) is 0 Å². The van der Waals surface area contributed by atoms with Gasteiger partial charge in [-0.2, -0.15) is 13.2 Å². The molecule has 0 bridgehead atoms. The van der Waals surface area contributed by atoms with Crippen molar-refractivity contribution in [3.05, 3.63) is 65.7 Å². The highest BCUT2D eigenvalue weighted by molar-refractivity contribution is 5.31. The van der Waals surface area contributed by atoms with Crippen LogP contribution >= 0.6 is 0 Å². The van der Waals surface area contributed by atoms with Gasteiger partial charge in [0.1, 0.15) is 11.9 Å². The maximum atomic E-state index is 12.9. The van der Waals surface area contributed by atoms with Gasteiger partial charge in [-0.25, -0.2) is 0 Å². The minimum absolute atomic E-state index is 0.232. The van der Waals surface area contributed by atoms with E-state index in [1.54, 1.807) is 6.07 Å². The summed E-state index contributed by atoms with van der Waals surface area (Å²) < 4.78 is 50.2. The third kappa shape index (κ3) is 5.22. The predicted octanol–water partition coefficient (Wildman–Crippen LogP) is 4.55. The Kier molecular flexibility index (Phi) is 6.16. The maximum Gasteiger partial charge on any atom is 0.416 e. The van der Waals surface area contributed by atoms with Crippen LogP contribution in [0.2, 0.25) is 0 Å². The molecule has 0 N–H and O–H groups in total. The van der Waals surface area contributed by atoms with Crippen molar-refractivity contribution in [3.8, 4) is 5.75 Å². The van der Waals surface area contributed by atoms with Gasteiger partial charge >= 0.3 is 6.18 Å². The molecule has 2 aromatic rings. The van der Waals surface area contributed by atoms with Crippen LogP contribution in [0.1, 0.15) is 23.7 Å². The van der Waals surface area contributed by atoms with Crippen molar-refractivity contribution in [2.45, 2.75) is 18.7 Å². The molecule has 1 fully saturated rings. The second-order valence-corrected chi connectivity index (χ2v) is 6.29. The van der Waals surface area contributed by atoms with Crippen molar-refractivity contribution in [1.82, 2.24) is 4.90 Å². The van der Waals surface area contributed by atoms with Gasteiger partial charge in [0.25, 0.3) is 0 Å². The number of alkyl halides is 3. The van der Waals surface area contributed by atoms with Crippen LogP contribution in [0.5, 0.6) is 5.75 Å². The Balaban J connectivity index is 1.73. The lowest BCUT2D eigenvalue weighted by Gasteiger charge is -2.28. The number of hydrogen-bond acceptors (Lipinski definition) is 3. The molecule has 0 aromatic heterocycles. The Morgan fingerprint density at radius 3 is 2.42 bits per heavy atom. The predicted molar refractivity (Wildman–Crippen MR) is 93.1 cm³/mol. The highest BCUT2D eigenvalue weighted by Crippen LogP contribution is 2.33. The summed E-state index contributed by atoms with van der Waals surface area (Å²) in [4.78, 5) is 2.29. The SMILES string of the molecule is FC(F)(F)c1cccc(OC(CCN2CCOCC2)c2ccccc2)c1. The van der Waals surface area contributed by atoms with E-state index in [1.807, 2.05) is 30.3 Å². The van der Waals surface area contributed by atoms with Crippen molar-refractivity contribution in [1.29, 1.82) is 0 Å². The Morgan fingerprint density at radius 1 is 1.00 bits per heavy atom. The fourth-order valence-corrected chi connectivity index (χ4v) is 3.00. The second-order valence-electron chi connectivity index (χ2n) is 6.29. The van der Waals surface area contributed by atoms with Gasteiger partial charge in [-0.05, 0) is 23.8 Å². The van der Waals surface area contributed by atoms with E-state index in [9.17, 15) is 13.2 Å². The lowest BCUT2D eigenvalue weighted by Crippen LogP contribution is -2.37. The molecule has 0 radical (unpaired) electrons. The minimum Gasteiger partial charge on any atom is -0.486 e. The third-order valence-electron chi connectivity index (χ3n) is 4.42. The zero-order valence-electron chi connectivity index (χ0n) is 14.4. The standard InChI is InChI=1S/C20H22F3NO2/c21-20(22,23)17-7-4-8-18(15-17)26-19(16-5-2-1-3-6-16)9-10-24-11-13-25-14-12-24/h1-8,15,19H,9-14H2. The van der Waals surface area contributed by atoms with E-state index in [4.69, 9.17) is 9.47 Å². The van der Waals surface area contributed by atoms with Gasteiger partial charge in [0, 0.05) is 26.1 Å². The molecule has 1 atom stereocenters. The van der Waals surface area contributed by atoms with Crippen LogP contribution in [-0.2, 0) is 10.9 Å². The monoisotopic (exact) mass is 365 g/mol. The van der Waals surface area contributed by atoms with E-state index in [1.165, 1.54) is 6.07 Å². The van der Waals surface area contributed by atoms with Gasteiger partial charge in [-0.3, -0.25) is 4.90 Å². The number of ether oxygens (including phenoxy) is 2. The molecule has 0 aliphatic carbocycles. The van der Waals surface area contributed by atoms with E-state index in [0.29, 0.717) is 19.6 Å². The van der Waals surface area contributed by atoms with Crippen molar-refractivity contribution in [2.75, 3.05) is 32.8 Å². The number of benzene rings is 2. The summed E-state index contributed by atoms with van der Waals surface area (Å²) in [6, 6.07) is 14.7. The molecule has 1 aliphatic rings. The number of nitrogens with zero attached hydrogens (tertiary/aromatic N) is 1. The fraction of sp³-hybridized carbons (Fsp3) is 0.400. The first-order valence-electron chi connectivity index (χ1n) is 8.71. The first-order valence-corrected chi connectivity index (χ1v) is 8.71. The summed E-state index contributed by atoms with van der Waals surface area (Å²) in [5.74, 6) is 0.232. The molecule has 3 nitrogen and oxygen atoms in total. The Bertz CT molecular complexity index is 685. The summed E-state index contributed by atoms with van der Waals surface area (Å²) >= 11 is 0. The molecule has 0 saturated carbocycles. The topological polar surface area (TPSA) is 21.7 Å². The first kappa shape index (κ1) is 18.7. The molecule has 0 amide bonds. The van der Waals surface area contributed by atoms with Crippen molar-refractivity contribution in [3.63, 3.8) is 0 Å². The Hall–Kier alpha value is -2.05. The molecule has 2 aromatic carbocycles. The summed E-state index contributed by atoms with van der Waals surface area (Å²) in [5, 5.41) is 0. The number of halogens is 3. The molecule has 26 heavy (non-hydrogen) atoms. The van der Waals surface area contributed by atoms with Crippen LogP contribution in [-0.4, -0.2) is 37.7 Å². The molecular formula is C20H22F3NO2.